The Balaban J connectivity index is 1.57. The van der Waals surface area contributed by atoms with Crippen molar-refractivity contribution in [1.82, 2.24) is 19.7 Å². The van der Waals surface area contributed by atoms with Crippen molar-refractivity contribution in [2.45, 2.75) is 37.3 Å². The molecule has 2 aromatic carbocycles. The summed E-state index contributed by atoms with van der Waals surface area (Å²) in [6, 6.07) is 21.9. The lowest BCUT2D eigenvalue weighted by molar-refractivity contribution is -0.129. The van der Waals surface area contributed by atoms with Crippen LogP contribution in [0.4, 0.5) is 0 Å². The number of carbonyl (C=O) groups excluding carboxylic acids is 1. The first-order valence-corrected chi connectivity index (χ1v) is 11.4. The van der Waals surface area contributed by atoms with Crippen LogP contribution in [0.15, 0.2) is 82.6 Å². The van der Waals surface area contributed by atoms with Crippen LogP contribution in [0, 0.1) is 6.92 Å². The van der Waals surface area contributed by atoms with Gasteiger partial charge >= 0.3 is 0 Å². The minimum Gasteiger partial charge on any atom is -0.467 e. The normalized spacial score (nSPS) is 12.0. The highest BCUT2D eigenvalue weighted by Crippen LogP contribution is 2.30. The summed E-state index contributed by atoms with van der Waals surface area (Å²) in [6.07, 6.45) is 1.66. The number of furan rings is 1. The van der Waals surface area contributed by atoms with E-state index < -0.39 is 0 Å². The minimum atomic E-state index is -0.312. The number of aryl methyl sites for hydroxylation is 1. The van der Waals surface area contributed by atoms with Gasteiger partial charge in [-0.25, -0.2) is 0 Å². The number of benzene rings is 2. The van der Waals surface area contributed by atoms with Crippen LogP contribution in [-0.4, -0.2) is 37.9 Å². The molecule has 4 aromatic rings. The smallest absolute Gasteiger partial charge is 0.235 e. The summed E-state index contributed by atoms with van der Waals surface area (Å²) >= 11 is 1.42. The molecule has 1 amide bonds. The van der Waals surface area contributed by atoms with E-state index in [1.807, 2.05) is 79.2 Å². The van der Waals surface area contributed by atoms with Gasteiger partial charge in [-0.1, -0.05) is 66.4 Å². The molecule has 32 heavy (non-hydrogen) atoms. The summed E-state index contributed by atoms with van der Waals surface area (Å²) in [5.41, 5.74) is 3.23. The third-order valence-electron chi connectivity index (χ3n) is 5.27. The summed E-state index contributed by atoms with van der Waals surface area (Å²) in [6.45, 7) is 5.03. The molecule has 0 N–H and O–H groups in total. The zero-order valence-electron chi connectivity index (χ0n) is 18.4. The maximum atomic E-state index is 13.0. The molecule has 0 fully saturated rings. The Bertz CT molecular complexity index is 1170. The van der Waals surface area contributed by atoms with Crippen molar-refractivity contribution in [2.24, 2.45) is 0 Å². The molecule has 7 heteroatoms. The number of amides is 1. The number of rotatable bonds is 8. The molecular formula is C25H26N4O2S. The summed E-state index contributed by atoms with van der Waals surface area (Å²) < 4.78 is 7.60. The third kappa shape index (κ3) is 4.94. The van der Waals surface area contributed by atoms with E-state index in [-0.39, 0.29) is 11.2 Å². The highest BCUT2D eigenvalue weighted by Gasteiger charge is 2.24. The van der Waals surface area contributed by atoms with E-state index in [0.717, 1.165) is 28.3 Å². The SMILES string of the molecule is Cc1ccccc1-c1nnc(SC(C)C(=O)N(C)Cc2ccccc2)n1Cc1ccco1. The van der Waals surface area contributed by atoms with Gasteiger partial charge < -0.3 is 9.32 Å². The fraction of sp³-hybridized carbons (Fsp3) is 0.240. The van der Waals surface area contributed by atoms with Gasteiger partial charge in [0, 0.05) is 19.2 Å². The van der Waals surface area contributed by atoms with Gasteiger partial charge in [0.25, 0.3) is 0 Å². The quantitative estimate of drug-likeness (QED) is 0.355. The van der Waals surface area contributed by atoms with Crippen LogP contribution in [0.1, 0.15) is 23.8 Å². The number of hydrogen-bond acceptors (Lipinski definition) is 5. The Hall–Kier alpha value is -3.32. The van der Waals surface area contributed by atoms with Gasteiger partial charge in [-0.2, -0.15) is 0 Å². The molecule has 1 atom stereocenters. The maximum Gasteiger partial charge on any atom is 0.235 e. The highest BCUT2D eigenvalue weighted by atomic mass is 32.2. The molecule has 0 saturated carbocycles. The highest BCUT2D eigenvalue weighted by molar-refractivity contribution is 8.00. The van der Waals surface area contributed by atoms with E-state index in [1.54, 1.807) is 11.2 Å². The predicted molar refractivity (Wildman–Crippen MR) is 126 cm³/mol. The molecule has 0 spiro atoms. The first-order valence-electron chi connectivity index (χ1n) is 10.5. The van der Waals surface area contributed by atoms with Crippen molar-refractivity contribution < 1.29 is 9.21 Å². The van der Waals surface area contributed by atoms with E-state index in [0.29, 0.717) is 18.2 Å². The van der Waals surface area contributed by atoms with Crippen molar-refractivity contribution in [3.63, 3.8) is 0 Å². The average Bonchev–Trinajstić information content (AvgIpc) is 3.45. The van der Waals surface area contributed by atoms with Crippen LogP contribution in [0.25, 0.3) is 11.4 Å². The number of thioether (sulfide) groups is 1. The number of hydrogen-bond donors (Lipinski definition) is 0. The van der Waals surface area contributed by atoms with Gasteiger partial charge in [0.1, 0.15) is 5.76 Å². The number of nitrogens with zero attached hydrogens (tertiary/aromatic N) is 4. The fourth-order valence-corrected chi connectivity index (χ4v) is 4.52. The molecule has 6 nitrogen and oxygen atoms in total. The van der Waals surface area contributed by atoms with E-state index in [2.05, 4.69) is 23.2 Å². The number of aromatic nitrogens is 3. The molecule has 4 rings (SSSR count). The Morgan fingerprint density at radius 2 is 1.81 bits per heavy atom. The molecule has 164 valence electrons. The standard InChI is InChI=1S/C25H26N4O2S/c1-18-10-7-8-14-22(18)23-26-27-25(29(23)17-21-13-9-15-31-21)32-19(2)24(30)28(3)16-20-11-5-4-6-12-20/h4-15,19H,16-17H2,1-3H3. The number of carbonyl (C=O) groups is 1. The van der Waals surface area contributed by atoms with Gasteiger partial charge in [0.05, 0.1) is 18.1 Å². The average molecular weight is 447 g/mol. The zero-order valence-corrected chi connectivity index (χ0v) is 19.2. The van der Waals surface area contributed by atoms with Crippen LogP contribution in [-0.2, 0) is 17.9 Å². The van der Waals surface area contributed by atoms with E-state index in [9.17, 15) is 4.79 Å². The predicted octanol–water partition coefficient (Wildman–Crippen LogP) is 5.03. The topological polar surface area (TPSA) is 64.2 Å². The monoisotopic (exact) mass is 446 g/mol. The van der Waals surface area contributed by atoms with Crippen molar-refractivity contribution in [2.75, 3.05) is 7.05 Å². The molecule has 0 aliphatic rings. The van der Waals surface area contributed by atoms with Crippen molar-refractivity contribution in [3.8, 4) is 11.4 Å². The molecule has 0 bridgehead atoms. The van der Waals surface area contributed by atoms with Crippen molar-refractivity contribution >= 4 is 17.7 Å². The first kappa shape index (κ1) is 21.9. The van der Waals surface area contributed by atoms with Crippen LogP contribution in [0.5, 0.6) is 0 Å². The molecule has 0 radical (unpaired) electrons. The molecule has 0 saturated heterocycles. The van der Waals surface area contributed by atoms with Crippen molar-refractivity contribution in [3.05, 3.63) is 89.9 Å². The summed E-state index contributed by atoms with van der Waals surface area (Å²) in [5.74, 6) is 1.62. The fourth-order valence-electron chi connectivity index (χ4n) is 3.55. The van der Waals surface area contributed by atoms with Crippen molar-refractivity contribution in [1.29, 1.82) is 0 Å². The molecule has 2 heterocycles. The van der Waals surface area contributed by atoms with Gasteiger partial charge in [0.15, 0.2) is 11.0 Å². The lowest BCUT2D eigenvalue weighted by Gasteiger charge is -2.21. The lowest BCUT2D eigenvalue weighted by atomic mass is 10.1. The lowest BCUT2D eigenvalue weighted by Crippen LogP contribution is -2.33. The van der Waals surface area contributed by atoms with E-state index >= 15 is 0 Å². The molecule has 0 aliphatic carbocycles. The minimum absolute atomic E-state index is 0.0452. The summed E-state index contributed by atoms with van der Waals surface area (Å²) in [5, 5.41) is 9.30. The van der Waals surface area contributed by atoms with Crippen LogP contribution in [0.2, 0.25) is 0 Å². The van der Waals surface area contributed by atoms with Gasteiger partial charge in [-0.3, -0.25) is 9.36 Å². The Morgan fingerprint density at radius 1 is 1.06 bits per heavy atom. The second kappa shape index (κ2) is 9.87. The van der Waals surface area contributed by atoms with Crippen LogP contribution < -0.4 is 0 Å². The maximum absolute atomic E-state index is 13.0. The second-order valence-electron chi connectivity index (χ2n) is 7.73. The van der Waals surface area contributed by atoms with Gasteiger partial charge in [-0.05, 0) is 37.1 Å². The molecule has 2 aromatic heterocycles. The van der Waals surface area contributed by atoms with Crippen LogP contribution >= 0.6 is 11.8 Å². The summed E-state index contributed by atoms with van der Waals surface area (Å²) in [4.78, 5) is 14.8. The third-order valence-corrected chi connectivity index (χ3v) is 6.33. The largest absolute Gasteiger partial charge is 0.467 e. The van der Waals surface area contributed by atoms with Crippen LogP contribution in [0.3, 0.4) is 0 Å². The van der Waals surface area contributed by atoms with Gasteiger partial charge in [-0.15, -0.1) is 10.2 Å². The second-order valence-corrected chi connectivity index (χ2v) is 9.03. The van der Waals surface area contributed by atoms with E-state index in [4.69, 9.17) is 4.42 Å². The molecule has 0 aliphatic heterocycles. The molecule has 1 unspecified atom stereocenters. The van der Waals surface area contributed by atoms with E-state index in [1.165, 1.54) is 11.8 Å². The Kier molecular flexibility index (Phi) is 6.75. The van der Waals surface area contributed by atoms with Gasteiger partial charge in [0.2, 0.25) is 5.91 Å². The first-order chi connectivity index (χ1) is 15.5. The summed E-state index contributed by atoms with van der Waals surface area (Å²) in [7, 11) is 1.83. The molecular weight excluding hydrogens is 420 g/mol. The Morgan fingerprint density at radius 3 is 2.53 bits per heavy atom. The Labute approximate surface area is 192 Å². The zero-order chi connectivity index (χ0) is 22.5.